The molecule has 0 saturated carbocycles. The summed E-state index contributed by atoms with van der Waals surface area (Å²) >= 11 is 7.30. The largest absolute Gasteiger partial charge is 0.338 e. The highest BCUT2D eigenvalue weighted by molar-refractivity contribution is 8.00. The van der Waals surface area contributed by atoms with Crippen molar-refractivity contribution in [3.63, 3.8) is 0 Å². The first-order valence-electron chi connectivity index (χ1n) is 6.24. The molecule has 21 heavy (non-hydrogen) atoms. The van der Waals surface area contributed by atoms with Gasteiger partial charge in [-0.3, -0.25) is 0 Å². The van der Waals surface area contributed by atoms with Crippen LogP contribution in [0.3, 0.4) is 0 Å². The molecule has 114 valence electrons. The molecule has 0 amide bonds. The van der Waals surface area contributed by atoms with Crippen LogP contribution in [-0.4, -0.2) is 36.3 Å². The monoisotopic (exact) mass is 346 g/mol. The lowest BCUT2D eigenvalue weighted by Crippen LogP contribution is -2.06. The van der Waals surface area contributed by atoms with Gasteiger partial charge in [0.2, 0.25) is 11.7 Å². The summed E-state index contributed by atoms with van der Waals surface area (Å²) in [6.07, 6.45) is 1.23. The Balaban J connectivity index is 2.00. The quantitative estimate of drug-likeness (QED) is 0.799. The molecule has 0 unspecified atom stereocenters. The Kier molecular flexibility index (Phi) is 5.29. The van der Waals surface area contributed by atoms with Gasteiger partial charge in [0.15, 0.2) is 0 Å². The zero-order valence-electron chi connectivity index (χ0n) is 11.6. The van der Waals surface area contributed by atoms with E-state index in [1.807, 2.05) is 19.1 Å². The Bertz CT molecular complexity index is 698. The van der Waals surface area contributed by atoms with E-state index in [0.29, 0.717) is 22.5 Å². The molecule has 0 saturated heterocycles. The van der Waals surface area contributed by atoms with Crippen LogP contribution >= 0.6 is 23.4 Å². The van der Waals surface area contributed by atoms with Crippen molar-refractivity contribution in [3.05, 3.63) is 35.2 Å². The number of rotatable bonds is 6. The Morgan fingerprint density at radius 2 is 2.00 bits per heavy atom. The minimum Gasteiger partial charge on any atom is -0.338 e. The predicted molar refractivity (Wildman–Crippen MR) is 85.3 cm³/mol. The lowest BCUT2D eigenvalue weighted by atomic mass is 10.2. The summed E-state index contributed by atoms with van der Waals surface area (Å²) in [5, 5.41) is 4.52. The van der Waals surface area contributed by atoms with Gasteiger partial charge in [0.25, 0.3) is 0 Å². The fourth-order valence-corrected chi connectivity index (χ4v) is 3.88. The summed E-state index contributed by atoms with van der Waals surface area (Å²) in [5.74, 6) is 1.62. The molecule has 8 heteroatoms. The van der Waals surface area contributed by atoms with E-state index < -0.39 is 9.84 Å². The maximum Gasteiger partial charge on any atom is 0.239 e. The summed E-state index contributed by atoms with van der Waals surface area (Å²) in [6.45, 7) is 1.91. The second-order valence-electron chi connectivity index (χ2n) is 4.61. The van der Waals surface area contributed by atoms with E-state index in [1.165, 1.54) is 18.0 Å². The third kappa shape index (κ3) is 5.01. The van der Waals surface area contributed by atoms with Crippen LogP contribution in [-0.2, 0) is 9.84 Å². The minimum atomic E-state index is -2.94. The van der Waals surface area contributed by atoms with Crippen LogP contribution in [0.5, 0.6) is 0 Å². The van der Waals surface area contributed by atoms with Gasteiger partial charge in [0.1, 0.15) is 9.84 Å². The summed E-state index contributed by atoms with van der Waals surface area (Å²) in [4.78, 5) is 4.33. The molecule has 0 aliphatic heterocycles. The van der Waals surface area contributed by atoms with E-state index in [-0.39, 0.29) is 11.0 Å². The van der Waals surface area contributed by atoms with Crippen molar-refractivity contribution >= 4 is 33.2 Å². The van der Waals surface area contributed by atoms with E-state index in [0.717, 1.165) is 5.56 Å². The molecule has 2 aromatic rings. The summed E-state index contributed by atoms with van der Waals surface area (Å²) in [7, 11) is -2.94. The van der Waals surface area contributed by atoms with Gasteiger partial charge in [-0.1, -0.05) is 16.8 Å². The number of sulfone groups is 1. The van der Waals surface area contributed by atoms with Crippen LogP contribution < -0.4 is 0 Å². The number of halogens is 1. The van der Waals surface area contributed by atoms with Crippen molar-refractivity contribution in [3.8, 4) is 11.4 Å². The van der Waals surface area contributed by atoms with Crippen LogP contribution in [0.1, 0.15) is 18.1 Å². The first-order valence-corrected chi connectivity index (χ1v) is 9.73. The molecule has 1 aromatic heterocycles. The zero-order chi connectivity index (χ0) is 15.5. The first-order chi connectivity index (χ1) is 9.85. The van der Waals surface area contributed by atoms with Gasteiger partial charge in [-0.25, -0.2) is 8.42 Å². The fraction of sp³-hybridized carbons (Fsp3) is 0.385. The van der Waals surface area contributed by atoms with Crippen LogP contribution in [0.4, 0.5) is 0 Å². The Morgan fingerprint density at radius 1 is 1.33 bits per heavy atom. The van der Waals surface area contributed by atoms with Gasteiger partial charge in [-0.15, -0.1) is 11.8 Å². The van der Waals surface area contributed by atoms with Gasteiger partial charge < -0.3 is 4.52 Å². The average Bonchev–Trinajstić information content (AvgIpc) is 2.87. The van der Waals surface area contributed by atoms with Crippen molar-refractivity contribution in [2.24, 2.45) is 0 Å². The third-order valence-corrected chi connectivity index (χ3v) is 5.31. The molecule has 2 rings (SSSR count). The van der Waals surface area contributed by atoms with Gasteiger partial charge >= 0.3 is 0 Å². The molecule has 1 atom stereocenters. The highest BCUT2D eigenvalue weighted by Crippen LogP contribution is 2.28. The summed E-state index contributed by atoms with van der Waals surface area (Å²) in [5.41, 5.74) is 0.822. The number of benzene rings is 1. The molecular weight excluding hydrogens is 332 g/mol. The normalized spacial score (nSPS) is 13.3. The lowest BCUT2D eigenvalue weighted by molar-refractivity contribution is 0.381. The number of hydrogen-bond donors (Lipinski definition) is 0. The summed E-state index contributed by atoms with van der Waals surface area (Å²) in [6, 6.07) is 7.16. The third-order valence-electron chi connectivity index (χ3n) is 2.71. The standard InChI is InChI=1S/C13H15ClN2O3S2/c1-9(20-7-8-21(2,17)18)13-15-12(16-19-13)10-3-5-11(14)6-4-10/h3-6,9H,7-8H2,1-2H3/t9-/m0/s1. The SMILES string of the molecule is C[C@H](SCCS(C)(=O)=O)c1nc(-c2ccc(Cl)cc2)no1. The van der Waals surface area contributed by atoms with Crippen LogP contribution in [0.25, 0.3) is 11.4 Å². The van der Waals surface area contributed by atoms with Gasteiger partial charge in [-0.05, 0) is 31.2 Å². The maximum atomic E-state index is 11.1. The molecule has 5 nitrogen and oxygen atoms in total. The molecular formula is C13H15ClN2O3S2. The number of nitrogens with zero attached hydrogens (tertiary/aromatic N) is 2. The Morgan fingerprint density at radius 3 is 2.62 bits per heavy atom. The van der Waals surface area contributed by atoms with Crippen molar-refractivity contribution in [1.29, 1.82) is 0 Å². The Labute approximate surface area is 133 Å². The van der Waals surface area contributed by atoms with Crippen molar-refractivity contribution in [2.75, 3.05) is 17.8 Å². The van der Waals surface area contributed by atoms with E-state index in [4.69, 9.17) is 16.1 Å². The number of thioether (sulfide) groups is 1. The minimum absolute atomic E-state index is 0.0553. The second-order valence-corrected chi connectivity index (χ2v) is 8.75. The maximum absolute atomic E-state index is 11.1. The molecule has 0 radical (unpaired) electrons. The van der Waals surface area contributed by atoms with Gasteiger partial charge in [0.05, 0.1) is 11.0 Å². The van der Waals surface area contributed by atoms with Crippen LogP contribution in [0.15, 0.2) is 28.8 Å². The van der Waals surface area contributed by atoms with E-state index in [9.17, 15) is 8.42 Å². The molecule has 1 heterocycles. The first kappa shape index (κ1) is 16.3. The Hall–Kier alpha value is -1.05. The van der Waals surface area contributed by atoms with Crippen molar-refractivity contribution in [2.45, 2.75) is 12.2 Å². The number of hydrogen-bond acceptors (Lipinski definition) is 6. The van der Waals surface area contributed by atoms with Gasteiger partial charge in [-0.2, -0.15) is 4.98 Å². The molecule has 0 bridgehead atoms. The topological polar surface area (TPSA) is 73.1 Å². The van der Waals surface area contributed by atoms with E-state index >= 15 is 0 Å². The number of aromatic nitrogens is 2. The van der Waals surface area contributed by atoms with Gasteiger partial charge in [0, 0.05) is 22.6 Å². The highest BCUT2D eigenvalue weighted by atomic mass is 35.5. The van der Waals surface area contributed by atoms with Crippen molar-refractivity contribution in [1.82, 2.24) is 10.1 Å². The molecule has 0 N–H and O–H groups in total. The van der Waals surface area contributed by atoms with E-state index in [2.05, 4.69) is 10.1 Å². The second kappa shape index (κ2) is 6.81. The summed E-state index contributed by atoms with van der Waals surface area (Å²) < 4.78 is 27.4. The fourth-order valence-electron chi connectivity index (χ4n) is 1.56. The molecule has 0 fully saturated rings. The van der Waals surface area contributed by atoms with Crippen molar-refractivity contribution < 1.29 is 12.9 Å². The highest BCUT2D eigenvalue weighted by Gasteiger charge is 2.16. The predicted octanol–water partition coefficient (Wildman–Crippen LogP) is 3.23. The van der Waals surface area contributed by atoms with Crippen LogP contribution in [0.2, 0.25) is 5.02 Å². The van der Waals surface area contributed by atoms with E-state index in [1.54, 1.807) is 12.1 Å². The average molecular weight is 347 g/mol. The smallest absolute Gasteiger partial charge is 0.239 e. The molecule has 0 aliphatic rings. The zero-order valence-corrected chi connectivity index (χ0v) is 14.0. The molecule has 0 aliphatic carbocycles. The molecule has 0 spiro atoms. The molecule has 1 aromatic carbocycles. The van der Waals surface area contributed by atoms with Crippen LogP contribution in [0, 0.1) is 0 Å². The lowest BCUT2D eigenvalue weighted by Gasteiger charge is -2.04.